The van der Waals surface area contributed by atoms with Gasteiger partial charge in [-0.3, -0.25) is 5.43 Å². The van der Waals surface area contributed by atoms with Crippen molar-refractivity contribution in [3.8, 4) is 5.75 Å². The Morgan fingerprint density at radius 3 is 2.38 bits per heavy atom. The van der Waals surface area contributed by atoms with Gasteiger partial charge in [0.15, 0.2) is 0 Å². The summed E-state index contributed by atoms with van der Waals surface area (Å²) in [7, 11) is -1.90. The number of methoxy groups -OCH3 is 1. The molecular weight excluding hydrogens is 252 g/mol. The molecule has 1 aromatic carbocycles. The van der Waals surface area contributed by atoms with Crippen LogP contribution in [0.4, 0.5) is 5.69 Å². The summed E-state index contributed by atoms with van der Waals surface area (Å²) < 4.78 is 26.3. The fraction of sp³-hybridized carbons (Fsp3) is 0.222. The fourth-order valence-electron chi connectivity index (χ4n) is 0.857. The van der Waals surface area contributed by atoms with Crippen molar-refractivity contribution in [3.63, 3.8) is 0 Å². The van der Waals surface area contributed by atoms with Crippen molar-refractivity contribution in [2.75, 3.05) is 18.8 Å². The molecule has 0 saturated carbocycles. The second kappa shape index (κ2) is 5.18. The lowest BCUT2D eigenvalue weighted by atomic mass is 10.3. The van der Waals surface area contributed by atoms with Crippen LogP contribution in [0.2, 0.25) is 0 Å². The first-order valence-electron chi connectivity index (χ1n) is 4.27. The van der Waals surface area contributed by atoms with E-state index in [-0.39, 0.29) is 0 Å². The largest absolute Gasteiger partial charge is 0.497 e. The van der Waals surface area contributed by atoms with Crippen LogP contribution < -0.4 is 10.2 Å². The maximum Gasteiger partial charge on any atom is 0.240 e. The van der Waals surface area contributed by atoms with E-state index in [4.69, 9.17) is 16.3 Å². The summed E-state index contributed by atoms with van der Waals surface area (Å²) >= 11 is 5.44. The van der Waals surface area contributed by atoms with Crippen LogP contribution in [0.25, 0.3) is 0 Å². The van der Waals surface area contributed by atoms with Crippen molar-refractivity contribution in [3.05, 3.63) is 24.3 Å². The maximum atomic E-state index is 10.9. The molecule has 0 aliphatic carbocycles. The van der Waals surface area contributed by atoms with E-state index in [9.17, 15) is 8.42 Å². The number of sulfone groups is 1. The van der Waals surface area contributed by atoms with Gasteiger partial charge < -0.3 is 4.74 Å². The average Bonchev–Trinajstić information content (AvgIpc) is 2.25. The first-order chi connectivity index (χ1) is 7.43. The van der Waals surface area contributed by atoms with Gasteiger partial charge in [0.1, 0.15) is 5.75 Å². The standard InChI is InChI=1S/C9H11ClN2O3S/c1-15-8-5-3-7(4-6-8)11-12-9(10)16(2,13)14/h3-6,11H,1-2H3/b12-9-. The van der Waals surface area contributed by atoms with Crippen LogP contribution >= 0.6 is 11.6 Å². The Morgan fingerprint density at radius 2 is 1.94 bits per heavy atom. The number of benzene rings is 1. The number of hydrazone groups is 1. The Morgan fingerprint density at radius 1 is 1.38 bits per heavy atom. The van der Waals surface area contributed by atoms with E-state index in [0.717, 1.165) is 6.26 Å². The maximum absolute atomic E-state index is 10.9. The zero-order valence-corrected chi connectivity index (χ0v) is 10.3. The minimum absolute atomic E-state index is 0.483. The van der Waals surface area contributed by atoms with Crippen LogP contribution in [0, 0.1) is 0 Å². The fourth-order valence-corrected chi connectivity index (χ4v) is 1.11. The number of nitrogens with one attached hydrogen (secondary N) is 1. The van der Waals surface area contributed by atoms with Gasteiger partial charge in [-0.25, -0.2) is 8.42 Å². The minimum Gasteiger partial charge on any atom is -0.497 e. The second-order valence-electron chi connectivity index (χ2n) is 2.98. The van der Waals surface area contributed by atoms with Gasteiger partial charge in [-0.15, -0.1) is 0 Å². The van der Waals surface area contributed by atoms with E-state index >= 15 is 0 Å². The number of halogens is 1. The Hall–Kier alpha value is -1.27. The molecule has 0 atom stereocenters. The summed E-state index contributed by atoms with van der Waals surface area (Å²) in [6.07, 6.45) is 0.981. The highest BCUT2D eigenvalue weighted by Crippen LogP contribution is 2.15. The Kier molecular flexibility index (Phi) is 4.14. The predicted octanol–water partition coefficient (Wildman–Crippen LogP) is 1.66. The summed E-state index contributed by atoms with van der Waals surface area (Å²) in [5.74, 6) is 0.698. The van der Waals surface area contributed by atoms with E-state index in [0.29, 0.717) is 11.4 Å². The Balaban J connectivity index is 2.75. The molecule has 0 bridgehead atoms. The van der Waals surface area contributed by atoms with E-state index in [1.54, 1.807) is 31.4 Å². The number of rotatable bonds is 3. The Bertz CT molecular complexity index is 482. The molecule has 5 nitrogen and oxygen atoms in total. The monoisotopic (exact) mass is 262 g/mol. The van der Waals surface area contributed by atoms with Crippen LogP contribution in [0.15, 0.2) is 29.4 Å². The van der Waals surface area contributed by atoms with Gasteiger partial charge in [0.25, 0.3) is 0 Å². The number of hydrogen-bond acceptors (Lipinski definition) is 5. The molecule has 0 unspecified atom stereocenters. The van der Waals surface area contributed by atoms with Gasteiger partial charge in [-0.1, -0.05) is 0 Å². The highest BCUT2D eigenvalue weighted by molar-refractivity contribution is 8.08. The van der Waals surface area contributed by atoms with Crippen LogP contribution in [-0.2, 0) is 9.84 Å². The number of anilines is 1. The molecule has 0 aromatic heterocycles. The SMILES string of the molecule is COc1ccc(N/N=C(/Cl)S(C)(=O)=O)cc1. The number of hydrogen-bond donors (Lipinski definition) is 1. The molecule has 0 radical (unpaired) electrons. The van der Waals surface area contributed by atoms with Gasteiger partial charge in [0, 0.05) is 6.26 Å². The van der Waals surface area contributed by atoms with Crippen LogP contribution in [0.5, 0.6) is 5.75 Å². The van der Waals surface area contributed by atoms with Crippen molar-refractivity contribution in [1.82, 2.24) is 0 Å². The second-order valence-corrected chi connectivity index (χ2v) is 5.49. The average molecular weight is 263 g/mol. The molecule has 1 N–H and O–H groups in total. The lowest BCUT2D eigenvalue weighted by Gasteiger charge is -2.02. The molecule has 7 heteroatoms. The molecule has 88 valence electrons. The molecule has 16 heavy (non-hydrogen) atoms. The molecule has 0 spiro atoms. The van der Waals surface area contributed by atoms with E-state index in [1.807, 2.05) is 0 Å². The van der Waals surface area contributed by atoms with Crippen molar-refractivity contribution in [1.29, 1.82) is 0 Å². The third kappa shape index (κ3) is 3.71. The van der Waals surface area contributed by atoms with Crippen molar-refractivity contribution >= 4 is 31.6 Å². The van der Waals surface area contributed by atoms with Crippen molar-refractivity contribution in [2.45, 2.75) is 0 Å². The van der Waals surface area contributed by atoms with E-state index in [1.165, 1.54) is 0 Å². The zero-order valence-electron chi connectivity index (χ0n) is 8.77. The first kappa shape index (κ1) is 12.8. The molecular formula is C9H11ClN2O3S. The molecule has 0 amide bonds. The van der Waals surface area contributed by atoms with Crippen LogP contribution in [-0.4, -0.2) is 26.3 Å². The van der Waals surface area contributed by atoms with Gasteiger partial charge in [0.05, 0.1) is 12.8 Å². The Labute approximate surface area is 99.0 Å². The summed E-state index contributed by atoms with van der Waals surface area (Å²) in [6.45, 7) is 0. The third-order valence-electron chi connectivity index (χ3n) is 1.67. The highest BCUT2D eigenvalue weighted by atomic mass is 35.5. The molecule has 0 saturated heterocycles. The van der Waals surface area contributed by atoms with Crippen molar-refractivity contribution in [2.24, 2.45) is 5.10 Å². The summed E-state index contributed by atoms with van der Waals surface area (Å²) in [5.41, 5.74) is 3.14. The van der Waals surface area contributed by atoms with Crippen LogP contribution in [0.1, 0.15) is 0 Å². The highest BCUT2D eigenvalue weighted by Gasteiger charge is 2.09. The van der Waals surface area contributed by atoms with Gasteiger partial charge in [-0.2, -0.15) is 5.10 Å². The molecule has 0 aliphatic rings. The van der Waals surface area contributed by atoms with Gasteiger partial charge >= 0.3 is 0 Å². The quantitative estimate of drug-likeness (QED) is 0.511. The normalized spacial score (nSPS) is 12.3. The molecule has 1 aromatic rings. The molecule has 0 heterocycles. The predicted molar refractivity (Wildman–Crippen MR) is 64.7 cm³/mol. The van der Waals surface area contributed by atoms with Crippen LogP contribution in [0.3, 0.4) is 0 Å². The smallest absolute Gasteiger partial charge is 0.240 e. The lowest BCUT2D eigenvalue weighted by molar-refractivity contribution is 0.415. The zero-order chi connectivity index (χ0) is 12.2. The molecule has 0 aliphatic heterocycles. The topological polar surface area (TPSA) is 67.8 Å². The number of nitrogens with zero attached hydrogens (tertiary/aromatic N) is 1. The minimum atomic E-state index is -3.46. The van der Waals surface area contributed by atoms with Gasteiger partial charge in [0.2, 0.25) is 14.3 Å². The lowest BCUT2D eigenvalue weighted by Crippen LogP contribution is -2.07. The third-order valence-corrected chi connectivity index (χ3v) is 3.30. The van der Waals surface area contributed by atoms with Crippen molar-refractivity contribution < 1.29 is 13.2 Å². The summed E-state index contributed by atoms with van der Waals surface area (Å²) in [5, 5.41) is 3.52. The van der Waals surface area contributed by atoms with E-state index in [2.05, 4.69) is 10.5 Å². The summed E-state index contributed by atoms with van der Waals surface area (Å²) in [6, 6.07) is 6.81. The molecule has 0 fully saturated rings. The first-order valence-corrected chi connectivity index (χ1v) is 6.54. The van der Waals surface area contributed by atoms with E-state index < -0.39 is 14.3 Å². The molecule has 1 rings (SSSR count). The summed E-state index contributed by atoms with van der Waals surface area (Å²) in [4.78, 5) is 0. The van der Waals surface area contributed by atoms with Gasteiger partial charge in [-0.05, 0) is 35.9 Å². The number of ether oxygens (including phenoxy) is 1.